The van der Waals surface area contributed by atoms with E-state index in [4.69, 9.17) is 21.1 Å². The summed E-state index contributed by atoms with van der Waals surface area (Å²) in [6.45, 7) is 0.505. The fraction of sp³-hybridized carbons (Fsp3) is 0.364. The molecule has 0 aromatic heterocycles. The molecule has 2 aromatic carbocycles. The van der Waals surface area contributed by atoms with Gasteiger partial charge in [0.2, 0.25) is 15.9 Å². The lowest BCUT2D eigenvalue weighted by molar-refractivity contribution is -0.116. The van der Waals surface area contributed by atoms with E-state index >= 15 is 0 Å². The average molecular weight is 496 g/mol. The van der Waals surface area contributed by atoms with Crippen LogP contribution >= 0.6 is 11.6 Å². The molecule has 3 rings (SSSR count). The fourth-order valence-corrected chi connectivity index (χ4v) is 4.90. The zero-order valence-corrected chi connectivity index (χ0v) is 19.9. The summed E-state index contributed by atoms with van der Waals surface area (Å²) in [6.07, 6.45) is 1.48. The Bertz CT molecular complexity index is 1100. The first-order valence-corrected chi connectivity index (χ1v) is 12.2. The summed E-state index contributed by atoms with van der Waals surface area (Å²) in [5.74, 6) is -0.276. The summed E-state index contributed by atoms with van der Waals surface area (Å²) in [4.78, 5) is 26.1. The molecule has 11 heteroatoms. The third-order valence-corrected chi connectivity index (χ3v) is 7.00. The minimum Gasteiger partial charge on any atom is -0.497 e. The molecule has 2 N–H and O–H groups in total. The average Bonchev–Trinajstić information content (AvgIpc) is 3.32. The molecule has 178 valence electrons. The number of hydrogen-bond acceptors (Lipinski definition) is 6. The van der Waals surface area contributed by atoms with Crippen LogP contribution in [0.5, 0.6) is 5.75 Å². The summed E-state index contributed by atoms with van der Waals surface area (Å²) in [7, 11) is -0.956. The first kappa shape index (κ1) is 25.0. The lowest BCUT2D eigenvalue weighted by atomic mass is 10.2. The highest BCUT2D eigenvalue weighted by molar-refractivity contribution is 7.89. The van der Waals surface area contributed by atoms with Crippen molar-refractivity contribution in [2.75, 3.05) is 39.2 Å². The van der Waals surface area contributed by atoms with Crippen LogP contribution in [0.4, 0.5) is 5.69 Å². The van der Waals surface area contributed by atoms with E-state index < -0.39 is 21.8 Å². The van der Waals surface area contributed by atoms with E-state index in [1.54, 1.807) is 31.4 Å². The van der Waals surface area contributed by atoms with Crippen LogP contribution < -0.4 is 14.8 Å². The van der Waals surface area contributed by atoms with E-state index in [2.05, 4.69) is 10.0 Å². The number of sulfonamides is 1. The van der Waals surface area contributed by atoms with Crippen molar-refractivity contribution in [2.45, 2.75) is 23.8 Å². The molecule has 1 aliphatic heterocycles. The van der Waals surface area contributed by atoms with E-state index in [0.717, 1.165) is 12.8 Å². The molecule has 1 saturated heterocycles. The smallest absolute Gasteiger partial charge is 0.254 e. The predicted molar refractivity (Wildman–Crippen MR) is 124 cm³/mol. The van der Waals surface area contributed by atoms with E-state index in [9.17, 15) is 18.0 Å². The van der Waals surface area contributed by atoms with E-state index in [1.165, 1.54) is 30.1 Å². The molecule has 0 aliphatic carbocycles. The highest BCUT2D eigenvalue weighted by Crippen LogP contribution is 2.24. The SMILES string of the molecule is COc1ccc(NC(=O)CN(C)C(=O)c2ccc(Cl)c(S(=O)(=O)NC[C@@H]3CCCO3)c2)cc1. The second kappa shape index (κ2) is 11.0. The lowest BCUT2D eigenvalue weighted by Gasteiger charge is -2.18. The van der Waals surface area contributed by atoms with Crippen LogP contribution in [0.25, 0.3) is 0 Å². The summed E-state index contributed by atoms with van der Waals surface area (Å²) >= 11 is 6.11. The van der Waals surface area contributed by atoms with Crippen molar-refractivity contribution >= 4 is 39.1 Å². The summed E-state index contributed by atoms with van der Waals surface area (Å²) in [6, 6.07) is 10.7. The molecule has 1 heterocycles. The van der Waals surface area contributed by atoms with Gasteiger partial charge < -0.3 is 19.7 Å². The van der Waals surface area contributed by atoms with Gasteiger partial charge in [0, 0.05) is 31.5 Å². The summed E-state index contributed by atoms with van der Waals surface area (Å²) in [5.41, 5.74) is 0.649. The van der Waals surface area contributed by atoms with Crippen LogP contribution in [0.15, 0.2) is 47.4 Å². The number of nitrogens with one attached hydrogen (secondary N) is 2. The fourth-order valence-electron chi connectivity index (χ4n) is 3.31. The van der Waals surface area contributed by atoms with E-state index in [0.29, 0.717) is 18.0 Å². The molecule has 2 amide bonds. The van der Waals surface area contributed by atoms with E-state index in [1.807, 2.05) is 0 Å². The molecule has 1 atom stereocenters. The molecule has 9 nitrogen and oxygen atoms in total. The number of benzene rings is 2. The van der Waals surface area contributed by atoms with Gasteiger partial charge in [-0.25, -0.2) is 13.1 Å². The number of amides is 2. The van der Waals surface area contributed by atoms with Crippen molar-refractivity contribution in [1.29, 1.82) is 0 Å². The Morgan fingerprint density at radius 3 is 2.58 bits per heavy atom. The van der Waals surface area contributed by atoms with Crippen LogP contribution in [-0.2, 0) is 19.6 Å². The van der Waals surface area contributed by atoms with Gasteiger partial charge in [-0.3, -0.25) is 9.59 Å². The molecule has 0 saturated carbocycles. The molecular formula is C22H26ClN3O6S. The number of methoxy groups -OCH3 is 1. The highest BCUT2D eigenvalue weighted by Gasteiger charge is 2.24. The number of hydrogen-bond donors (Lipinski definition) is 2. The van der Waals surface area contributed by atoms with Crippen molar-refractivity contribution in [3.05, 3.63) is 53.1 Å². The molecule has 2 aromatic rings. The number of rotatable bonds is 9. The van der Waals surface area contributed by atoms with Gasteiger partial charge in [0.05, 0.1) is 24.8 Å². The zero-order valence-electron chi connectivity index (χ0n) is 18.3. The molecule has 0 bridgehead atoms. The first-order chi connectivity index (χ1) is 15.7. The van der Waals surface area contributed by atoms with Gasteiger partial charge in [-0.2, -0.15) is 0 Å². The number of anilines is 1. The first-order valence-electron chi connectivity index (χ1n) is 10.3. The van der Waals surface area contributed by atoms with Crippen LogP contribution in [0, 0.1) is 0 Å². The number of ether oxygens (including phenoxy) is 2. The lowest BCUT2D eigenvalue weighted by Crippen LogP contribution is -2.35. The quantitative estimate of drug-likeness (QED) is 0.552. The monoisotopic (exact) mass is 495 g/mol. The van der Waals surface area contributed by atoms with Crippen LogP contribution in [-0.4, -0.2) is 65.1 Å². The Morgan fingerprint density at radius 1 is 1.21 bits per heavy atom. The number of halogens is 1. The minimum atomic E-state index is -3.95. The standard InChI is InChI=1S/C22H26ClN3O6S/c1-26(14-21(27)25-16-6-8-17(31-2)9-7-16)22(28)15-5-10-19(23)20(12-15)33(29,30)24-13-18-4-3-11-32-18/h5-10,12,18,24H,3-4,11,13-14H2,1-2H3,(H,25,27)/t18-/m0/s1. The van der Waals surface area contributed by atoms with Crippen molar-refractivity contribution in [3.8, 4) is 5.75 Å². The molecule has 33 heavy (non-hydrogen) atoms. The number of nitrogens with zero attached hydrogens (tertiary/aromatic N) is 1. The normalized spacial score (nSPS) is 15.8. The molecule has 0 unspecified atom stereocenters. The van der Waals surface area contributed by atoms with Gasteiger partial charge in [-0.1, -0.05) is 11.6 Å². The Morgan fingerprint density at radius 2 is 1.94 bits per heavy atom. The third kappa shape index (κ3) is 6.67. The minimum absolute atomic E-state index is 0.00806. The van der Waals surface area contributed by atoms with Gasteiger partial charge in [0.25, 0.3) is 5.91 Å². The molecule has 0 radical (unpaired) electrons. The number of carbonyl (C=O) groups excluding carboxylic acids is 2. The highest BCUT2D eigenvalue weighted by atomic mass is 35.5. The third-order valence-electron chi connectivity index (χ3n) is 5.09. The maximum Gasteiger partial charge on any atom is 0.254 e. The molecule has 1 aliphatic rings. The number of likely N-dealkylation sites (N-methyl/N-ethyl adjacent to an activating group) is 1. The Hall–Kier alpha value is -2.66. The van der Waals surface area contributed by atoms with Gasteiger partial charge in [0.15, 0.2) is 0 Å². The van der Waals surface area contributed by atoms with Gasteiger partial charge in [-0.05, 0) is 55.3 Å². The van der Waals surface area contributed by atoms with Crippen LogP contribution in [0.1, 0.15) is 23.2 Å². The maximum atomic E-state index is 12.8. The van der Waals surface area contributed by atoms with E-state index in [-0.39, 0.29) is 34.7 Å². The maximum absolute atomic E-state index is 12.8. The van der Waals surface area contributed by atoms with Crippen molar-refractivity contribution in [2.24, 2.45) is 0 Å². The van der Waals surface area contributed by atoms with Crippen LogP contribution in [0.3, 0.4) is 0 Å². The predicted octanol–water partition coefficient (Wildman–Crippen LogP) is 2.52. The Kier molecular flexibility index (Phi) is 8.30. The summed E-state index contributed by atoms with van der Waals surface area (Å²) in [5, 5.41) is 2.68. The van der Waals surface area contributed by atoms with Gasteiger partial charge in [-0.15, -0.1) is 0 Å². The summed E-state index contributed by atoms with van der Waals surface area (Å²) < 4.78 is 38.5. The molecule has 1 fully saturated rings. The second-order valence-electron chi connectivity index (χ2n) is 7.57. The van der Waals surface area contributed by atoms with Crippen molar-refractivity contribution in [1.82, 2.24) is 9.62 Å². The van der Waals surface area contributed by atoms with Crippen molar-refractivity contribution < 1.29 is 27.5 Å². The Labute approximate surface area is 198 Å². The topological polar surface area (TPSA) is 114 Å². The zero-order chi connectivity index (χ0) is 24.0. The largest absolute Gasteiger partial charge is 0.497 e. The second-order valence-corrected chi connectivity index (χ2v) is 9.71. The molecule has 0 spiro atoms. The van der Waals surface area contributed by atoms with Crippen molar-refractivity contribution in [3.63, 3.8) is 0 Å². The van der Waals surface area contributed by atoms with Gasteiger partial charge >= 0.3 is 0 Å². The molecular weight excluding hydrogens is 470 g/mol. The van der Waals surface area contributed by atoms with Crippen LogP contribution in [0.2, 0.25) is 5.02 Å². The Balaban J connectivity index is 1.65. The van der Waals surface area contributed by atoms with Gasteiger partial charge in [0.1, 0.15) is 10.6 Å². The number of carbonyl (C=O) groups is 2.